The summed E-state index contributed by atoms with van der Waals surface area (Å²) in [6.45, 7) is 1.23. The monoisotopic (exact) mass is 401 g/mol. The second-order valence-corrected chi connectivity index (χ2v) is 7.84. The Morgan fingerprint density at radius 2 is 2.11 bits per heavy atom. The zero-order valence-electron chi connectivity index (χ0n) is 15.4. The molecule has 0 aromatic heterocycles. The van der Waals surface area contributed by atoms with Gasteiger partial charge in [-0.15, -0.1) is 11.8 Å². The number of para-hydroxylation sites is 1. The highest BCUT2D eigenvalue weighted by Gasteiger charge is 2.59. The number of fused-ring (bicyclic) bond motifs is 2. The molecule has 2 aliphatic heterocycles. The van der Waals surface area contributed by atoms with E-state index in [1.54, 1.807) is 23.0 Å². The van der Waals surface area contributed by atoms with Crippen LogP contribution in [0.5, 0.6) is 0 Å². The lowest BCUT2D eigenvalue weighted by atomic mass is 10.1. The number of thioether (sulfide) groups is 1. The predicted molar refractivity (Wildman–Crippen MR) is 107 cm³/mol. The van der Waals surface area contributed by atoms with Gasteiger partial charge in [0.15, 0.2) is 4.87 Å². The van der Waals surface area contributed by atoms with Crippen molar-refractivity contribution in [2.75, 3.05) is 42.8 Å². The summed E-state index contributed by atoms with van der Waals surface area (Å²) < 4.78 is 18.6. The number of methoxy groups -OCH3 is 1. The lowest BCUT2D eigenvalue weighted by Crippen LogP contribution is -2.52. The highest BCUT2D eigenvalue weighted by atomic mass is 32.2. The molecule has 2 aromatic carbocycles. The molecule has 1 fully saturated rings. The number of benzene rings is 2. The van der Waals surface area contributed by atoms with E-state index in [4.69, 9.17) is 4.74 Å². The van der Waals surface area contributed by atoms with Crippen molar-refractivity contribution in [3.63, 3.8) is 0 Å². The van der Waals surface area contributed by atoms with Crippen molar-refractivity contribution >= 4 is 35.1 Å². The number of ether oxygens (including phenoxy) is 1. The molecule has 3 amide bonds. The van der Waals surface area contributed by atoms with E-state index in [9.17, 15) is 14.0 Å². The molecule has 8 heteroatoms. The van der Waals surface area contributed by atoms with Gasteiger partial charge in [0.1, 0.15) is 5.82 Å². The van der Waals surface area contributed by atoms with Crippen LogP contribution in [0, 0.1) is 5.82 Å². The van der Waals surface area contributed by atoms with Gasteiger partial charge in [-0.2, -0.15) is 0 Å². The van der Waals surface area contributed by atoms with Gasteiger partial charge < -0.3 is 15.0 Å². The molecule has 1 atom stereocenters. The van der Waals surface area contributed by atoms with Crippen LogP contribution in [0.3, 0.4) is 0 Å². The number of nitrogens with one attached hydrogen (secondary N) is 1. The Hall–Kier alpha value is -2.58. The first-order valence-electron chi connectivity index (χ1n) is 8.96. The Labute approximate surface area is 166 Å². The molecule has 4 rings (SSSR count). The Balaban J connectivity index is 1.69. The van der Waals surface area contributed by atoms with E-state index in [0.29, 0.717) is 31.1 Å². The Kier molecular flexibility index (Phi) is 4.99. The second kappa shape index (κ2) is 7.44. The molecule has 1 spiro atoms. The normalized spacial score (nSPS) is 20.7. The van der Waals surface area contributed by atoms with Crippen LogP contribution in [0.2, 0.25) is 0 Å². The summed E-state index contributed by atoms with van der Waals surface area (Å²) in [4.78, 5) is 28.7. The van der Waals surface area contributed by atoms with Crippen LogP contribution in [-0.2, 0) is 14.4 Å². The molecular weight excluding hydrogens is 381 g/mol. The summed E-state index contributed by atoms with van der Waals surface area (Å²) in [5.41, 5.74) is 1.95. The molecular formula is C20H20FN3O3S. The summed E-state index contributed by atoms with van der Waals surface area (Å²) in [5.74, 6) is 0.0494. The van der Waals surface area contributed by atoms with Crippen molar-refractivity contribution in [2.45, 2.75) is 4.87 Å². The van der Waals surface area contributed by atoms with Gasteiger partial charge in [-0.05, 0) is 24.3 Å². The van der Waals surface area contributed by atoms with Crippen LogP contribution in [-0.4, -0.2) is 49.4 Å². The zero-order valence-corrected chi connectivity index (χ0v) is 16.2. The highest BCUT2D eigenvalue weighted by molar-refractivity contribution is 8.01. The fourth-order valence-corrected chi connectivity index (χ4v) is 5.19. The van der Waals surface area contributed by atoms with Gasteiger partial charge in [-0.1, -0.05) is 24.3 Å². The molecule has 2 heterocycles. The quantitative estimate of drug-likeness (QED) is 0.854. The first-order valence-corrected chi connectivity index (χ1v) is 9.95. The summed E-state index contributed by atoms with van der Waals surface area (Å²) in [6.07, 6.45) is 0. The maximum absolute atomic E-state index is 13.5. The van der Waals surface area contributed by atoms with Crippen LogP contribution in [0.15, 0.2) is 48.5 Å². The summed E-state index contributed by atoms with van der Waals surface area (Å²) in [5, 5.41) is 2.72. The Morgan fingerprint density at radius 1 is 1.29 bits per heavy atom. The topological polar surface area (TPSA) is 61.9 Å². The minimum atomic E-state index is -1.11. The lowest BCUT2D eigenvalue weighted by molar-refractivity contribution is -0.123. The number of amides is 3. The van der Waals surface area contributed by atoms with Crippen LogP contribution < -0.4 is 10.2 Å². The molecule has 28 heavy (non-hydrogen) atoms. The number of carbonyl (C=O) groups is 2. The fraction of sp³-hybridized carbons (Fsp3) is 0.300. The second-order valence-electron chi connectivity index (χ2n) is 6.55. The molecule has 0 bridgehead atoms. The molecule has 2 aromatic rings. The third-order valence-corrected chi connectivity index (χ3v) is 6.36. The summed E-state index contributed by atoms with van der Waals surface area (Å²) in [7, 11) is 1.59. The van der Waals surface area contributed by atoms with Crippen LogP contribution >= 0.6 is 11.8 Å². The van der Waals surface area contributed by atoms with Crippen molar-refractivity contribution in [2.24, 2.45) is 0 Å². The van der Waals surface area contributed by atoms with Crippen LogP contribution in [0.1, 0.15) is 5.56 Å². The maximum atomic E-state index is 13.5. The van der Waals surface area contributed by atoms with Crippen molar-refractivity contribution in [1.29, 1.82) is 0 Å². The molecule has 1 N–H and O–H groups in total. The number of hydrogen-bond acceptors (Lipinski definition) is 4. The van der Waals surface area contributed by atoms with Gasteiger partial charge in [0.2, 0.25) is 0 Å². The average Bonchev–Trinajstić information content (AvgIpc) is 3.23. The molecule has 2 aliphatic rings. The first kappa shape index (κ1) is 18.8. The molecule has 0 aliphatic carbocycles. The van der Waals surface area contributed by atoms with Crippen LogP contribution in [0.4, 0.5) is 20.6 Å². The molecule has 146 valence electrons. The predicted octanol–water partition coefficient (Wildman–Crippen LogP) is 3.25. The Morgan fingerprint density at radius 3 is 2.89 bits per heavy atom. The molecule has 0 radical (unpaired) electrons. The van der Waals surface area contributed by atoms with Gasteiger partial charge in [0, 0.05) is 37.2 Å². The van der Waals surface area contributed by atoms with Crippen molar-refractivity contribution in [3.05, 3.63) is 59.9 Å². The van der Waals surface area contributed by atoms with Crippen molar-refractivity contribution in [3.8, 4) is 0 Å². The maximum Gasteiger partial charge on any atom is 0.323 e. The van der Waals surface area contributed by atoms with Gasteiger partial charge >= 0.3 is 6.03 Å². The number of nitrogens with zero attached hydrogens (tertiary/aromatic N) is 2. The lowest BCUT2D eigenvalue weighted by Gasteiger charge is -2.33. The molecule has 6 nitrogen and oxygen atoms in total. The fourth-order valence-electron chi connectivity index (χ4n) is 3.73. The minimum Gasteiger partial charge on any atom is -0.383 e. The number of rotatable bonds is 4. The number of anilines is 2. The van der Waals surface area contributed by atoms with E-state index < -0.39 is 16.7 Å². The number of halogens is 1. The van der Waals surface area contributed by atoms with E-state index >= 15 is 0 Å². The molecule has 1 saturated heterocycles. The SMILES string of the molecule is COCCN1C(=O)[C@]2(SCCN2C(=O)Nc2cccc(F)c2)c2ccccc21. The number of hydrogen-bond donors (Lipinski definition) is 1. The van der Waals surface area contributed by atoms with Crippen molar-refractivity contribution < 1.29 is 18.7 Å². The van der Waals surface area contributed by atoms with Gasteiger partial charge in [0.25, 0.3) is 5.91 Å². The third-order valence-electron chi connectivity index (χ3n) is 4.94. The van der Waals surface area contributed by atoms with E-state index in [0.717, 1.165) is 11.3 Å². The first-order chi connectivity index (χ1) is 13.6. The van der Waals surface area contributed by atoms with Gasteiger partial charge in [0.05, 0.1) is 12.3 Å². The standard InChI is InChI=1S/C20H20FN3O3S/c1-27-11-9-23-17-8-3-2-7-16(17)20(18(23)25)24(10-12-28-20)19(26)22-15-6-4-5-14(21)13-15/h2-8,13H,9-12H2,1H3,(H,22,26)/t20-/m1/s1. The van der Waals surface area contributed by atoms with Crippen molar-refractivity contribution in [1.82, 2.24) is 4.90 Å². The third kappa shape index (κ3) is 2.93. The van der Waals surface area contributed by atoms with E-state index in [2.05, 4.69) is 5.32 Å². The average molecular weight is 401 g/mol. The molecule has 0 unspecified atom stereocenters. The summed E-state index contributed by atoms with van der Waals surface area (Å²) >= 11 is 1.45. The van der Waals surface area contributed by atoms with Crippen LogP contribution in [0.25, 0.3) is 0 Å². The van der Waals surface area contributed by atoms with E-state index in [1.807, 2.05) is 24.3 Å². The number of urea groups is 1. The van der Waals surface area contributed by atoms with E-state index in [1.165, 1.54) is 30.0 Å². The molecule has 0 saturated carbocycles. The van der Waals surface area contributed by atoms with E-state index in [-0.39, 0.29) is 5.91 Å². The smallest absolute Gasteiger partial charge is 0.323 e. The van der Waals surface area contributed by atoms with Gasteiger partial charge in [-0.25, -0.2) is 9.18 Å². The number of carbonyl (C=O) groups excluding carboxylic acids is 2. The Bertz CT molecular complexity index is 925. The minimum absolute atomic E-state index is 0.150. The van der Waals surface area contributed by atoms with Gasteiger partial charge in [-0.3, -0.25) is 9.69 Å². The highest BCUT2D eigenvalue weighted by Crippen LogP contribution is 2.54. The zero-order chi connectivity index (χ0) is 19.7. The largest absolute Gasteiger partial charge is 0.383 e. The summed E-state index contributed by atoms with van der Waals surface area (Å²) in [6, 6.07) is 12.8.